The molecule has 0 amide bonds. The third kappa shape index (κ3) is 8.26. The summed E-state index contributed by atoms with van der Waals surface area (Å²) in [6.07, 6.45) is -1.97. The molecule has 8 nitrogen and oxygen atoms in total. The van der Waals surface area contributed by atoms with Gasteiger partial charge in [-0.1, -0.05) is 0 Å². The molecule has 1 rings (SSSR count). The molecule has 1 aliphatic rings. The van der Waals surface area contributed by atoms with Crippen molar-refractivity contribution >= 4 is 17.9 Å². The highest BCUT2D eigenvalue weighted by molar-refractivity contribution is 5.75. The zero-order chi connectivity index (χ0) is 16.4. The van der Waals surface area contributed by atoms with Crippen LogP contribution in [0.25, 0.3) is 0 Å². The number of carbonyl (C=O) groups is 3. The van der Waals surface area contributed by atoms with Crippen molar-refractivity contribution in [2.45, 2.75) is 45.2 Å². The van der Waals surface area contributed by atoms with E-state index in [1.165, 1.54) is 21.0 Å². The van der Waals surface area contributed by atoms with Crippen LogP contribution in [-0.4, -0.2) is 57.7 Å². The fourth-order valence-electron chi connectivity index (χ4n) is 1.72. The van der Waals surface area contributed by atoms with Crippen LogP contribution in [0.2, 0.25) is 0 Å². The molecule has 21 heavy (non-hydrogen) atoms. The molecule has 2 unspecified atom stereocenters. The van der Waals surface area contributed by atoms with Crippen molar-refractivity contribution in [3.8, 4) is 0 Å². The first kappa shape index (κ1) is 19.3. The first-order chi connectivity index (χ1) is 9.83. The molecule has 0 saturated carbocycles. The van der Waals surface area contributed by atoms with E-state index in [-0.39, 0.29) is 12.8 Å². The van der Waals surface area contributed by atoms with Crippen LogP contribution in [0.4, 0.5) is 0 Å². The number of methoxy groups -OCH3 is 2. The maximum Gasteiger partial charge on any atom is 0.335 e. The molecule has 1 aliphatic heterocycles. The third-order valence-electron chi connectivity index (χ3n) is 2.34. The number of rotatable bonds is 3. The topological polar surface area (TPSA) is 97.4 Å². The molecule has 0 aliphatic carbocycles. The van der Waals surface area contributed by atoms with Crippen LogP contribution >= 0.6 is 0 Å². The summed E-state index contributed by atoms with van der Waals surface area (Å²) in [6.45, 7) is 2.50. The monoisotopic (exact) mass is 306 g/mol. The van der Waals surface area contributed by atoms with E-state index in [0.717, 1.165) is 0 Å². The summed E-state index contributed by atoms with van der Waals surface area (Å²) in [4.78, 5) is 33.2. The zero-order valence-electron chi connectivity index (χ0n) is 12.9. The van der Waals surface area contributed by atoms with Crippen LogP contribution in [0.5, 0.6) is 0 Å². The number of carbonyl (C=O) groups excluding carboxylic acids is 3. The summed E-state index contributed by atoms with van der Waals surface area (Å²) in [5.41, 5.74) is 0. The minimum atomic E-state index is -0.912. The molecule has 0 bridgehead atoms. The van der Waals surface area contributed by atoms with Gasteiger partial charge >= 0.3 is 17.9 Å². The Bertz CT molecular complexity index is 330. The normalized spacial score (nSPS) is 24.1. The van der Waals surface area contributed by atoms with Gasteiger partial charge in [-0.3, -0.25) is 9.59 Å². The summed E-state index contributed by atoms with van der Waals surface area (Å²) in [6, 6.07) is 0. The van der Waals surface area contributed by atoms with Crippen LogP contribution in [0.15, 0.2) is 0 Å². The molecule has 0 aromatic carbocycles. The van der Waals surface area contributed by atoms with Gasteiger partial charge in [0.05, 0.1) is 7.11 Å². The Labute approximate surface area is 123 Å². The highest BCUT2D eigenvalue weighted by Gasteiger charge is 2.37. The standard InChI is InChI=1S/C11H16O7.C2H6O/c1-6(12)16-8-4-9(11(14)15-3)18-10(5-8)17-7(2)13;1-3-2/h8-10H,4-5H2,1-3H3;1-2H3/t8?,9-,10?;/m0./s1. The van der Waals surface area contributed by atoms with Crippen LogP contribution in [0.3, 0.4) is 0 Å². The Morgan fingerprint density at radius 2 is 1.48 bits per heavy atom. The summed E-state index contributed by atoms with van der Waals surface area (Å²) in [5.74, 6) is -1.59. The number of ether oxygens (including phenoxy) is 5. The minimum Gasteiger partial charge on any atom is -0.467 e. The molecule has 0 spiro atoms. The lowest BCUT2D eigenvalue weighted by Gasteiger charge is -2.32. The van der Waals surface area contributed by atoms with Crippen LogP contribution in [0.1, 0.15) is 26.7 Å². The molecule has 0 aromatic heterocycles. The molecule has 0 radical (unpaired) electrons. The lowest BCUT2D eigenvalue weighted by Crippen LogP contribution is -2.43. The number of hydrogen-bond acceptors (Lipinski definition) is 8. The summed E-state index contributed by atoms with van der Waals surface area (Å²) >= 11 is 0. The van der Waals surface area contributed by atoms with E-state index in [4.69, 9.17) is 14.2 Å². The Morgan fingerprint density at radius 1 is 0.952 bits per heavy atom. The molecular formula is C13H22O8. The quantitative estimate of drug-likeness (QED) is 0.546. The van der Waals surface area contributed by atoms with Crippen molar-refractivity contribution in [2.75, 3.05) is 21.3 Å². The van der Waals surface area contributed by atoms with Crippen LogP contribution in [0, 0.1) is 0 Å². The van der Waals surface area contributed by atoms with E-state index in [0.29, 0.717) is 0 Å². The highest BCUT2D eigenvalue weighted by Crippen LogP contribution is 2.24. The Morgan fingerprint density at radius 3 is 1.90 bits per heavy atom. The predicted molar refractivity (Wildman–Crippen MR) is 70.2 cm³/mol. The van der Waals surface area contributed by atoms with Gasteiger partial charge in [0.25, 0.3) is 0 Å². The molecule has 1 saturated heterocycles. The lowest BCUT2D eigenvalue weighted by atomic mass is 10.0. The van der Waals surface area contributed by atoms with Crippen molar-refractivity contribution in [1.82, 2.24) is 0 Å². The first-order valence-electron chi connectivity index (χ1n) is 6.31. The van der Waals surface area contributed by atoms with Crippen molar-refractivity contribution in [2.24, 2.45) is 0 Å². The molecule has 0 N–H and O–H groups in total. The van der Waals surface area contributed by atoms with Gasteiger partial charge in [-0.25, -0.2) is 4.79 Å². The smallest absolute Gasteiger partial charge is 0.335 e. The van der Waals surface area contributed by atoms with Gasteiger partial charge in [-0.05, 0) is 0 Å². The van der Waals surface area contributed by atoms with Gasteiger partial charge in [0.2, 0.25) is 6.29 Å². The Hall–Kier alpha value is -1.67. The van der Waals surface area contributed by atoms with E-state index in [1.807, 2.05) is 0 Å². The third-order valence-corrected chi connectivity index (χ3v) is 2.34. The maximum atomic E-state index is 11.4. The molecular weight excluding hydrogens is 284 g/mol. The second kappa shape index (κ2) is 10.1. The highest BCUT2D eigenvalue weighted by atomic mass is 16.7. The predicted octanol–water partition coefficient (Wildman–Crippen LogP) is 0.422. The van der Waals surface area contributed by atoms with Gasteiger partial charge in [0.15, 0.2) is 6.10 Å². The second-order valence-corrected chi connectivity index (χ2v) is 4.30. The molecule has 8 heteroatoms. The number of esters is 3. The summed E-state index contributed by atoms with van der Waals surface area (Å²) < 4.78 is 23.9. The van der Waals surface area contributed by atoms with Gasteiger partial charge in [-0.15, -0.1) is 0 Å². The fourth-order valence-corrected chi connectivity index (χ4v) is 1.72. The molecule has 1 fully saturated rings. The Balaban J connectivity index is 0.00000122. The van der Waals surface area contributed by atoms with E-state index < -0.39 is 36.4 Å². The van der Waals surface area contributed by atoms with E-state index in [9.17, 15) is 14.4 Å². The Kier molecular flexibility index (Phi) is 9.31. The first-order valence-corrected chi connectivity index (χ1v) is 6.31. The average molecular weight is 306 g/mol. The van der Waals surface area contributed by atoms with E-state index in [1.54, 1.807) is 14.2 Å². The van der Waals surface area contributed by atoms with E-state index >= 15 is 0 Å². The van der Waals surface area contributed by atoms with E-state index in [2.05, 4.69) is 9.47 Å². The van der Waals surface area contributed by atoms with Crippen LogP contribution < -0.4 is 0 Å². The number of hydrogen-bond donors (Lipinski definition) is 0. The minimum absolute atomic E-state index is 0.185. The molecule has 122 valence electrons. The molecule has 3 atom stereocenters. The van der Waals surface area contributed by atoms with Crippen molar-refractivity contribution in [3.63, 3.8) is 0 Å². The van der Waals surface area contributed by atoms with Gasteiger partial charge in [-0.2, -0.15) is 0 Å². The zero-order valence-corrected chi connectivity index (χ0v) is 12.9. The lowest BCUT2D eigenvalue weighted by molar-refractivity contribution is -0.225. The largest absolute Gasteiger partial charge is 0.467 e. The van der Waals surface area contributed by atoms with Gasteiger partial charge in [0, 0.05) is 40.9 Å². The van der Waals surface area contributed by atoms with Crippen LogP contribution in [-0.2, 0) is 38.1 Å². The molecule has 1 heterocycles. The molecule has 0 aromatic rings. The SMILES string of the molecule is COC.COC(=O)[C@@H]1CC(OC(C)=O)CC(OC(C)=O)O1. The van der Waals surface area contributed by atoms with Crippen molar-refractivity contribution in [3.05, 3.63) is 0 Å². The maximum absolute atomic E-state index is 11.4. The van der Waals surface area contributed by atoms with Crippen molar-refractivity contribution < 1.29 is 38.1 Å². The van der Waals surface area contributed by atoms with Gasteiger partial charge < -0.3 is 23.7 Å². The fraction of sp³-hybridized carbons (Fsp3) is 0.769. The summed E-state index contributed by atoms with van der Waals surface area (Å²) in [5, 5.41) is 0. The average Bonchev–Trinajstić information content (AvgIpc) is 2.36. The summed E-state index contributed by atoms with van der Waals surface area (Å²) in [7, 11) is 4.47. The van der Waals surface area contributed by atoms with Crippen molar-refractivity contribution in [1.29, 1.82) is 0 Å². The van der Waals surface area contributed by atoms with Gasteiger partial charge in [0.1, 0.15) is 6.10 Å². The second-order valence-electron chi connectivity index (χ2n) is 4.30.